The van der Waals surface area contributed by atoms with E-state index < -0.39 is 17.9 Å². The molecule has 2 aromatic carbocycles. The van der Waals surface area contributed by atoms with Crippen molar-refractivity contribution in [1.29, 1.82) is 0 Å². The molecule has 0 aliphatic heterocycles. The molecule has 1 unspecified atom stereocenters. The Balaban J connectivity index is 2.17. The highest BCUT2D eigenvalue weighted by Gasteiger charge is 2.29. The second-order valence-corrected chi connectivity index (χ2v) is 5.63. The summed E-state index contributed by atoms with van der Waals surface area (Å²) in [7, 11) is 0. The predicted octanol–water partition coefficient (Wildman–Crippen LogP) is 3.46. The summed E-state index contributed by atoms with van der Waals surface area (Å²) in [6.45, 7) is 0. The van der Waals surface area contributed by atoms with Gasteiger partial charge in [0.05, 0.1) is 0 Å². The van der Waals surface area contributed by atoms with Crippen molar-refractivity contribution >= 4 is 23.5 Å². The summed E-state index contributed by atoms with van der Waals surface area (Å²) in [5.74, 6) is -1.67. The van der Waals surface area contributed by atoms with Crippen molar-refractivity contribution in [3.8, 4) is 12.5 Å². The van der Waals surface area contributed by atoms with Crippen LogP contribution in [0.3, 0.4) is 0 Å². The lowest BCUT2D eigenvalue weighted by molar-refractivity contribution is -0.141. The van der Waals surface area contributed by atoms with Gasteiger partial charge in [-0.2, -0.15) is 0 Å². The molecule has 2 aromatic rings. The second kappa shape index (κ2) is 8.19. The average molecular weight is 342 g/mol. The number of hydrogen-bond acceptors (Lipinski definition) is 2. The molecule has 1 amide bonds. The van der Waals surface area contributed by atoms with Crippen LogP contribution in [0, 0.1) is 12.5 Å². The summed E-state index contributed by atoms with van der Waals surface area (Å²) in [4.78, 5) is 25.0. The minimum absolute atomic E-state index is 0.225. The van der Waals surface area contributed by atoms with Crippen LogP contribution in [0.4, 0.5) is 0 Å². The van der Waals surface area contributed by atoms with Gasteiger partial charge in [-0.05, 0) is 42.7 Å². The van der Waals surface area contributed by atoms with Crippen LogP contribution in [0.25, 0.3) is 0 Å². The highest BCUT2D eigenvalue weighted by molar-refractivity contribution is 6.30. The summed E-state index contributed by atoms with van der Waals surface area (Å²) < 4.78 is 0. The van der Waals surface area contributed by atoms with Gasteiger partial charge in [0.15, 0.2) is 0 Å². The van der Waals surface area contributed by atoms with Crippen LogP contribution in [-0.4, -0.2) is 27.9 Å². The molecule has 1 N–H and O–H groups in total. The number of carboxylic acids is 1. The Morgan fingerprint density at radius 3 is 2.29 bits per heavy atom. The van der Waals surface area contributed by atoms with E-state index in [1.165, 1.54) is 12.1 Å². The summed E-state index contributed by atoms with van der Waals surface area (Å²) in [6.07, 6.45) is 6.14. The molecule has 24 heavy (non-hydrogen) atoms. The minimum Gasteiger partial charge on any atom is -0.480 e. The third kappa shape index (κ3) is 4.37. The SMILES string of the molecule is C#CN(C(=O)c1ccc(Cl)cc1)C(CCc1ccccc1)C(=O)O. The number of terminal acetylenes is 1. The number of nitrogens with zero attached hydrogens (tertiary/aromatic N) is 1. The minimum atomic E-state index is -1.13. The largest absolute Gasteiger partial charge is 0.480 e. The van der Waals surface area contributed by atoms with E-state index in [4.69, 9.17) is 18.0 Å². The van der Waals surface area contributed by atoms with Crippen molar-refractivity contribution in [2.24, 2.45) is 0 Å². The Bertz CT molecular complexity index is 750. The van der Waals surface area contributed by atoms with E-state index in [1.807, 2.05) is 30.3 Å². The maximum atomic E-state index is 12.5. The monoisotopic (exact) mass is 341 g/mol. The van der Waals surface area contributed by atoms with Gasteiger partial charge in [0, 0.05) is 16.6 Å². The molecule has 0 aliphatic rings. The van der Waals surface area contributed by atoms with E-state index in [2.05, 4.69) is 6.04 Å². The Hall–Kier alpha value is -2.77. The Morgan fingerprint density at radius 2 is 1.75 bits per heavy atom. The van der Waals surface area contributed by atoms with E-state index >= 15 is 0 Å². The fourth-order valence-corrected chi connectivity index (χ4v) is 2.46. The zero-order valence-electron chi connectivity index (χ0n) is 12.9. The van der Waals surface area contributed by atoms with E-state index in [0.717, 1.165) is 10.5 Å². The third-order valence-electron chi connectivity index (χ3n) is 3.60. The van der Waals surface area contributed by atoms with Crippen molar-refractivity contribution < 1.29 is 14.7 Å². The maximum absolute atomic E-state index is 12.5. The van der Waals surface area contributed by atoms with Gasteiger partial charge in [0.1, 0.15) is 6.04 Å². The zero-order chi connectivity index (χ0) is 17.5. The van der Waals surface area contributed by atoms with Gasteiger partial charge in [-0.25, -0.2) is 4.79 Å². The van der Waals surface area contributed by atoms with E-state index in [0.29, 0.717) is 17.0 Å². The molecule has 1 atom stereocenters. The van der Waals surface area contributed by atoms with Crippen molar-refractivity contribution in [2.45, 2.75) is 18.9 Å². The van der Waals surface area contributed by atoms with Crippen molar-refractivity contribution in [3.05, 3.63) is 70.7 Å². The molecule has 0 aromatic heterocycles. The van der Waals surface area contributed by atoms with Gasteiger partial charge in [-0.3, -0.25) is 9.69 Å². The summed E-state index contributed by atoms with van der Waals surface area (Å²) in [5.41, 5.74) is 1.28. The zero-order valence-corrected chi connectivity index (χ0v) is 13.6. The number of hydrogen-bond donors (Lipinski definition) is 1. The quantitative estimate of drug-likeness (QED) is 0.646. The molecule has 2 rings (SSSR count). The van der Waals surface area contributed by atoms with Gasteiger partial charge >= 0.3 is 5.97 Å². The van der Waals surface area contributed by atoms with Crippen LogP contribution in [0.1, 0.15) is 22.3 Å². The topological polar surface area (TPSA) is 57.6 Å². The number of carboxylic acid groups (broad SMARTS) is 1. The lowest BCUT2D eigenvalue weighted by Crippen LogP contribution is -2.42. The molecular weight excluding hydrogens is 326 g/mol. The van der Waals surface area contributed by atoms with E-state index in [9.17, 15) is 14.7 Å². The molecule has 0 heterocycles. The normalized spacial score (nSPS) is 11.3. The number of benzene rings is 2. The number of carbonyl (C=O) groups excluding carboxylic acids is 1. The van der Waals surface area contributed by atoms with Gasteiger partial charge in [-0.15, -0.1) is 0 Å². The number of amides is 1. The first-order valence-electron chi connectivity index (χ1n) is 7.35. The molecule has 0 fully saturated rings. The first kappa shape index (κ1) is 17.6. The first-order valence-corrected chi connectivity index (χ1v) is 7.73. The molecular formula is C19H16ClNO3. The molecule has 0 radical (unpaired) electrons. The molecule has 0 saturated heterocycles. The van der Waals surface area contributed by atoms with E-state index in [-0.39, 0.29) is 6.42 Å². The molecule has 0 aliphatic carbocycles. The fraction of sp³-hybridized carbons (Fsp3) is 0.158. The van der Waals surface area contributed by atoms with Gasteiger partial charge in [-0.1, -0.05) is 48.4 Å². The second-order valence-electron chi connectivity index (χ2n) is 5.19. The Morgan fingerprint density at radius 1 is 1.12 bits per heavy atom. The van der Waals surface area contributed by atoms with Crippen LogP contribution in [-0.2, 0) is 11.2 Å². The molecule has 5 heteroatoms. The lowest BCUT2D eigenvalue weighted by Gasteiger charge is -2.23. The Kier molecular flexibility index (Phi) is 6.00. The van der Waals surface area contributed by atoms with Crippen LogP contribution in [0.15, 0.2) is 54.6 Å². The highest BCUT2D eigenvalue weighted by atomic mass is 35.5. The first-order chi connectivity index (χ1) is 11.5. The van der Waals surface area contributed by atoms with Crippen molar-refractivity contribution in [3.63, 3.8) is 0 Å². The van der Waals surface area contributed by atoms with E-state index in [1.54, 1.807) is 12.1 Å². The number of rotatable bonds is 6. The average Bonchev–Trinajstić information content (AvgIpc) is 2.59. The van der Waals surface area contributed by atoms with Crippen molar-refractivity contribution in [2.75, 3.05) is 0 Å². The fourth-order valence-electron chi connectivity index (χ4n) is 2.33. The molecule has 0 bridgehead atoms. The van der Waals surface area contributed by atoms with Gasteiger partial charge in [0.2, 0.25) is 0 Å². The molecule has 0 saturated carbocycles. The standard InChI is InChI=1S/C19H16ClNO3/c1-2-21(18(22)15-9-11-16(20)12-10-15)17(19(23)24)13-8-14-6-4-3-5-7-14/h1,3-7,9-12,17H,8,13H2,(H,23,24). The van der Waals surface area contributed by atoms with Crippen LogP contribution >= 0.6 is 11.6 Å². The number of aliphatic carboxylic acids is 1. The summed E-state index contributed by atoms with van der Waals surface area (Å²) in [6, 6.07) is 16.7. The number of halogens is 1. The smallest absolute Gasteiger partial charge is 0.327 e. The molecule has 4 nitrogen and oxygen atoms in total. The predicted molar refractivity (Wildman–Crippen MR) is 92.6 cm³/mol. The van der Waals surface area contributed by atoms with Crippen LogP contribution in [0.2, 0.25) is 5.02 Å². The number of carbonyl (C=O) groups is 2. The lowest BCUT2D eigenvalue weighted by atomic mass is 10.0. The molecule has 122 valence electrons. The highest BCUT2D eigenvalue weighted by Crippen LogP contribution is 2.16. The summed E-state index contributed by atoms with van der Waals surface area (Å²) >= 11 is 5.80. The maximum Gasteiger partial charge on any atom is 0.327 e. The van der Waals surface area contributed by atoms with Crippen LogP contribution < -0.4 is 0 Å². The number of aryl methyl sites for hydroxylation is 1. The van der Waals surface area contributed by atoms with Crippen LogP contribution in [0.5, 0.6) is 0 Å². The van der Waals surface area contributed by atoms with Gasteiger partial charge in [0.25, 0.3) is 5.91 Å². The van der Waals surface area contributed by atoms with Crippen molar-refractivity contribution in [1.82, 2.24) is 4.90 Å². The summed E-state index contributed by atoms with van der Waals surface area (Å²) in [5, 5.41) is 9.97. The third-order valence-corrected chi connectivity index (χ3v) is 3.85. The molecule has 0 spiro atoms. The Labute approximate surface area is 145 Å². The van der Waals surface area contributed by atoms with Gasteiger partial charge < -0.3 is 5.11 Å².